The van der Waals surface area contributed by atoms with Crippen LogP contribution in [-0.2, 0) is 6.18 Å². The molecule has 6 nitrogen and oxygen atoms in total. The zero-order valence-electron chi connectivity index (χ0n) is 20.5. The van der Waals surface area contributed by atoms with Gasteiger partial charge in [-0.25, -0.2) is 4.98 Å². The van der Waals surface area contributed by atoms with Crippen LogP contribution in [0.3, 0.4) is 0 Å². The first kappa shape index (κ1) is 24.4. The number of hydrogen-bond acceptors (Lipinski definition) is 5. The van der Waals surface area contributed by atoms with Crippen molar-refractivity contribution in [1.29, 1.82) is 5.26 Å². The van der Waals surface area contributed by atoms with Gasteiger partial charge in [0.2, 0.25) is 0 Å². The number of alkyl halides is 3. The summed E-state index contributed by atoms with van der Waals surface area (Å²) < 4.78 is 38.6. The fraction of sp³-hybridized carbons (Fsp3) is 0.731. The Morgan fingerprint density at radius 2 is 1.69 bits per heavy atom. The highest BCUT2D eigenvalue weighted by molar-refractivity contribution is 5.89. The summed E-state index contributed by atoms with van der Waals surface area (Å²) in [5.41, 5.74) is -0.729. The Hall–Kier alpha value is -2.34. The maximum atomic E-state index is 12.9. The Morgan fingerprint density at radius 3 is 2.17 bits per heavy atom. The molecule has 4 saturated carbocycles. The molecule has 4 bridgehead atoms. The van der Waals surface area contributed by atoms with Crippen molar-refractivity contribution in [3.05, 3.63) is 23.9 Å². The zero-order valence-corrected chi connectivity index (χ0v) is 20.5. The summed E-state index contributed by atoms with van der Waals surface area (Å²) in [7, 11) is 0. The zero-order chi connectivity index (χ0) is 24.7. The van der Waals surface area contributed by atoms with Gasteiger partial charge in [0.05, 0.1) is 17.6 Å². The molecule has 1 aromatic heterocycles. The molecule has 190 valence electrons. The third kappa shape index (κ3) is 5.00. The number of amidine groups is 1. The molecule has 0 amide bonds. The summed E-state index contributed by atoms with van der Waals surface area (Å²) in [4.78, 5) is 13.7. The highest BCUT2D eigenvalue weighted by atomic mass is 19.4. The molecule has 5 aliphatic rings. The van der Waals surface area contributed by atoms with E-state index in [0.29, 0.717) is 36.8 Å². The van der Waals surface area contributed by atoms with Crippen LogP contribution in [0.15, 0.2) is 23.3 Å². The predicted molar refractivity (Wildman–Crippen MR) is 129 cm³/mol. The van der Waals surface area contributed by atoms with Crippen molar-refractivity contribution in [3.8, 4) is 6.19 Å². The number of nitriles is 1. The van der Waals surface area contributed by atoms with Gasteiger partial charge in [-0.3, -0.25) is 15.2 Å². The monoisotopic (exact) mass is 488 g/mol. The first-order valence-corrected chi connectivity index (χ1v) is 13.0. The molecule has 4 aliphatic carbocycles. The average molecular weight is 489 g/mol. The number of piperazine rings is 1. The van der Waals surface area contributed by atoms with E-state index in [1.165, 1.54) is 38.2 Å². The van der Waals surface area contributed by atoms with Crippen LogP contribution in [0, 0.1) is 41.0 Å². The molecule has 9 heteroatoms. The van der Waals surface area contributed by atoms with E-state index in [1.54, 1.807) is 0 Å². The highest BCUT2D eigenvalue weighted by Gasteiger charge is 2.48. The van der Waals surface area contributed by atoms with Crippen LogP contribution in [0.2, 0.25) is 0 Å². The molecule has 1 atom stereocenters. The number of nitrogens with zero attached hydrogens (tertiary/aromatic N) is 5. The van der Waals surface area contributed by atoms with E-state index in [-0.39, 0.29) is 12.0 Å². The van der Waals surface area contributed by atoms with Crippen molar-refractivity contribution >= 4 is 11.7 Å². The topological polar surface area (TPSA) is 67.6 Å². The minimum atomic E-state index is -4.38. The van der Waals surface area contributed by atoms with Crippen LogP contribution in [-0.4, -0.2) is 54.0 Å². The molecule has 6 rings (SSSR count). The van der Waals surface area contributed by atoms with Crippen molar-refractivity contribution < 1.29 is 13.2 Å². The van der Waals surface area contributed by atoms with E-state index in [4.69, 9.17) is 4.99 Å². The lowest BCUT2D eigenvalue weighted by atomic mass is 9.54. The fourth-order valence-electron chi connectivity index (χ4n) is 7.39. The largest absolute Gasteiger partial charge is 0.417 e. The Bertz CT molecular complexity index is 931. The molecule has 5 fully saturated rings. The number of anilines is 1. The molecule has 35 heavy (non-hydrogen) atoms. The Kier molecular flexibility index (Phi) is 6.69. The standard InChI is InChI=1S/C26H35F3N6/c1-16(2)24(25(32-15-30)33-23-19-10-17-9-18(12-19)13-20(23)11-17)35-7-5-34(6-8-35)22-4-3-21(14-31-22)26(27,28)29/h3-4,14,16-20,23-24H,5-13H2,1-2H3,(H,32,33)/t17?,18?,19?,20?,23?,24-/m1/s1. The maximum absolute atomic E-state index is 12.9. The van der Waals surface area contributed by atoms with E-state index in [0.717, 1.165) is 43.0 Å². The summed E-state index contributed by atoms with van der Waals surface area (Å²) in [6.07, 6.45) is 5.21. The Labute approximate surface area is 205 Å². The second kappa shape index (κ2) is 9.61. The summed E-state index contributed by atoms with van der Waals surface area (Å²) in [6.45, 7) is 7.14. The summed E-state index contributed by atoms with van der Waals surface area (Å²) in [5, 5.41) is 12.5. The average Bonchev–Trinajstić information content (AvgIpc) is 2.81. The molecule has 1 aromatic rings. The molecule has 0 radical (unpaired) electrons. The van der Waals surface area contributed by atoms with Crippen LogP contribution in [0.25, 0.3) is 0 Å². The third-order valence-electron chi connectivity index (χ3n) is 8.67. The first-order valence-electron chi connectivity index (χ1n) is 13.0. The minimum absolute atomic E-state index is 0.00884. The van der Waals surface area contributed by atoms with Gasteiger partial charge in [-0.15, -0.1) is 0 Å². The first-order chi connectivity index (χ1) is 16.7. The number of aromatic nitrogens is 1. The van der Waals surface area contributed by atoms with Crippen LogP contribution >= 0.6 is 0 Å². The molecular formula is C26H35F3N6. The second-order valence-electron chi connectivity index (χ2n) is 11.3. The SMILES string of the molecule is CC(C)[C@H](C(=NC1C2CC3CC(C2)CC1C3)NC#N)N1CCN(c2ccc(C(F)(F)F)cn2)CC1. The van der Waals surface area contributed by atoms with Gasteiger partial charge in [0.25, 0.3) is 0 Å². The molecule has 1 aliphatic heterocycles. The molecular weight excluding hydrogens is 453 g/mol. The van der Waals surface area contributed by atoms with Gasteiger partial charge in [-0.2, -0.15) is 18.4 Å². The van der Waals surface area contributed by atoms with Gasteiger partial charge in [0.1, 0.15) is 11.7 Å². The molecule has 0 unspecified atom stereocenters. The molecule has 0 spiro atoms. The second-order valence-corrected chi connectivity index (χ2v) is 11.3. The summed E-state index contributed by atoms with van der Waals surface area (Å²) in [6, 6.07) is 2.87. The van der Waals surface area contributed by atoms with Crippen LogP contribution in [0.4, 0.5) is 19.0 Å². The fourth-order valence-corrected chi connectivity index (χ4v) is 7.39. The number of rotatable bonds is 5. The van der Waals surface area contributed by atoms with Crippen molar-refractivity contribution in [2.75, 3.05) is 31.1 Å². The van der Waals surface area contributed by atoms with Gasteiger partial charge in [0, 0.05) is 32.4 Å². The van der Waals surface area contributed by atoms with E-state index < -0.39 is 11.7 Å². The minimum Gasteiger partial charge on any atom is -0.354 e. The van der Waals surface area contributed by atoms with Gasteiger partial charge in [-0.05, 0) is 73.8 Å². The van der Waals surface area contributed by atoms with Gasteiger partial charge >= 0.3 is 6.18 Å². The lowest BCUT2D eigenvalue weighted by Crippen LogP contribution is -2.57. The van der Waals surface area contributed by atoms with Gasteiger partial charge in [-0.1, -0.05) is 13.8 Å². The van der Waals surface area contributed by atoms with E-state index in [9.17, 15) is 18.4 Å². The third-order valence-corrected chi connectivity index (χ3v) is 8.67. The Balaban J connectivity index is 1.29. The van der Waals surface area contributed by atoms with Crippen molar-refractivity contribution in [2.24, 2.45) is 34.6 Å². The number of nitrogens with one attached hydrogen (secondary N) is 1. The summed E-state index contributed by atoms with van der Waals surface area (Å²) >= 11 is 0. The van der Waals surface area contributed by atoms with E-state index in [1.807, 2.05) is 4.90 Å². The summed E-state index contributed by atoms with van der Waals surface area (Å²) in [5.74, 6) is 4.68. The molecule has 0 aromatic carbocycles. The number of hydrogen-bond donors (Lipinski definition) is 1. The number of halogens is 3. The quantitative estimate of drug-likeness (QED) is 0.285. The molecule has 1 N–H and O–H groups in total. The maximum Gasteiger partial charge on any atom is 0.417 e. The Morgan fingerprint density at radius 1 is 1.06 bits per heavy atom. The lowest BCUT2D eigenvalue weighted by Gasteiger charge is -2.53. The van der Waals surface area contributed by atoms with Crippen molar-refractivity contribution in [2.45, 2.75) is 64.2 Å². The van der Waals surface area contributed by atoms with Gasteiger partial charge < -0.3 is 4.90 Å². The normalized spacial score (nSPS) is 32.1. The van der Waals surface area contributed by atoms with Crippen LogP contribution < -0.4 is 10.2 Å². The van der Waals surface area contributed by atoms with Crippen LogP contribution in [0.5, 0.6) is 0 Å². The smallest absolute Gasteiger partial charge is 0.354 e. The van der Waals surface area contributed by atoms with Crippen molar-refractivity contribution in [1.82, 2.24) is 15.2 Å². The highest BCUT2D eigenvalue weighted by Crippen LogP contribution is 2.54. The van der Waals surface area contributed by atoms with Crippen molar-refractivity contribution in [3.63, 3.8) is 0 Å². The van der Waals surface area contributed by atoms with Crippen LogP contribution in [0.1, 0.15) is 51.5 Å². The van der Waals surface area contributed by atoms with E-state index >= 15 is 0 Å². The van der Waals surface area contributed by atoms with Gasteiger partial charge in [0.15, 0.2) is 6.19 Å². The number of pyridine rings is 1. The molecule has 1 saturated heterocycles. The lowest BCUT2D eigenvalue weighted by molar-refractivity contribution is -0.137. The molecule has 2 heterocycles. The number of aliphatic imine (C=N–C) groups is 1. The predicted octanol–water partition coefficient (Wildman–Crippen LogP) is 4.54. The van der Waals surface area contributed by atoms with E-state index in [2.05, 4.69) is 35.2 Å².